The van der Waals surface area contributed by atoms with Gasteiger partial charge in [-0.15, -0.1) is 0 Å². The number of anilines is 1. The lowest BCUT2D eigenvalue weighted by molar-refractivity contribution is -0.137. The van der Waals surface area contributed by atoms with Gasteiger partial charge in [0, 0.05) is 42.6 Å². The van der Waals surface area contributed by atoms with E-state index in [9.17, 15) is 14.7 Å². The van der Waals surface area contributed by atoms with Crippen LogP contribution in [0.3, 0.4) is 0 Å². The predicted octanol–water partition coefficient (Wildman–Crippen LogP) is 2.92. The van der Waals surface area contributed by atoms with Crippen molar-refractivity contribution in [2.75, 3.05) is 5.32 Å². The highest BCUT2D eigenvalue weighted by molar-refractivity contribution is 5.87. The summed E-state index contributed by atoms with van der Waals surface area (Å²) in [5.41, 5.74) is 4.11. The first-order valence-electron chi connectivity index (χ1n) is 10.6. The van der Waals surface area contributed by atoms with Crippen LogP contribution in [-0.2, 0) is 11.2 Å². The van der Waals surface area contributed by atoms with Gasteiger partial charge in [-0.3, -0.25) is 9.78 Å². The number of carbonyl (C=O) groups is 1. The molecular weight excluding hydrogens is 434 g/mol. The molecule has 1 aromatic carbocycles. The summed E-state index contributed by atoms with van der Waals surface area (Å²) in [5.74, 6) is -0.713. The normalized spacial score (nSPS) is 12.0. The van der Waals surface area contributed by atoms with Crippen LogP contribution in [0.5, 0.6) is 0 Å². The first-order chi connectivity index (χ1) is 16.5. The van der Waals surface area contributed by atoms with E-state index >= 15 is 0 Å². The molecule has 170 valence electrons. The molecule has 4 aromatic heterocycles. The summed E-state index contributed by atoms with van der Waals surface area (Å²) in [5, 5.41) is 12.8. The van der Waals surface area contributed by atoms with Crippen LogP contribution in [-0.4, -0.2) is 46.6 Å². The molecule has 0 unspecified atom stereocenters. The quantitative estimate of drug-likeness (QED) is 0.296. The van der Waals surface area contributed by atoms with Crippen molar-refractivity contribution in [1.29, 1.82) is 0 Å². The third-order valence-corrected chi connectivity index (χ3v) is 5.53. The number of rotatable bonds is 7. The summed E-state index contributed by atoms with van der Waals surface area (Å²) < 4.78 is 1.88. The number of pyridine rings is 2. The zero-order valence-electron chi connectivity index (χ0n) is 18.2. The molecule has 0 saturated heterocycles. The van der Waals surface area contributed by atoms with Crippen molar-refractivity contribution in [3.8, 4) is 17.1 Å². The van der Waals surface area contributed by atoms with Crippen LogP contribution in [0.25, 0.3) is 28.1 Å². The van der Waals surface area contributed by atoms with E-state index in [0.717, 1.165) is 22.3 Å². The number of carboxylic acid groups (broad SMARTS) is 1. The highest BCUT2D eigenvalue weighted by Gasteiger charge is 2.22. The molecule has 0 fully saturated rings. The van der Waals surface area contributed by atoms with Crippen molar-refractivity contribution < 1.29 is 9.90 Å². The Balaban J connectivity index is 1.55. The minimum Gasteiger partial charge on any atom is -0.480 e. The molecule has 5 rings (SSSR count). The number of benzene rings is 1. The minimum absolute atomic E-state index is 0.149. The third kappa shape index (κ3) is 4.04. The summed E-state index contributed by atoms with van der Waals surface area (Å²) in [7, 11) is 0. The lowest BCUT2D eigenvalue weighted by Gasteiger charge is -2.17. The van der Waals surface area contributed by atoms with Gasteiger partial charge in [-0.2, -0.15) is 0 Å². The van der Waals surface area contributed by atoms with Gasteiger partial charge in [0.15, 0.2) is 0 Å². The summed E-state index contributed by atoms with van der Waals surface area (Å²) in [4.78, 5) is 43.6. The molecule has 5 aromatic rings. The second-order valence-electron chi connectivity index (χ2n) is 7.87. The zero-order valence-corrected chi connectivity index (χ0v) is 18.2. The maximum absolute atomic E-state index is 12.8. The molecule has 4 N–H and O–H groups in total. The van der Waals surface area contributed by atoms with Crippen molar-refractivity contribution in [3.05, 3.63) is 89.1 Å². The predicted molar refractivity (Wildman–Crippen MR) is 127 cm³/mol. The first-order valence-corrected chi connectivity index (χ1v) is 10.6. The van der Waals surface area contributed by atoms with Crippen LogP contribution >= 0.6 is 0 Å². The van der Waals surface area contributed by atoms with E-state index in [2.05, 4.69) is 30.2 Å². The van der Waals surface area contributed by atoms with Gasteiger partial charge in [-0.1, -0.05) is 6.07 Å². The number of nitrogens with zero attached hydrogens (tertiary/aromatic N) is 4. The molecule has 10 nitrogen and oxygen atoms in total. The molecule has 0 saturated carbocycles. The number of aryl methyl sites for hydroxylation is 1. The highest BCUT2D eigenvalue weighted by atomic mass is 16.4. The first kappa shape index (κ1) is 21.1. The summed E-state index contributed by atoms with van der Waals surface area (Å²) in [6.07, 6.45) is 8.48. The standard InChI is InChI=1S/C24H21N7O3/c1-14-10-16(31-9-8-25-13-31)12-18-21(14)30-22(29-18)20-17(5-7-27-23(20)32)28-19(24(33)34)11-15-4-2-3-6-26-15/h2-10,12-13,19H,11H2,1H3,(H,29,30)(H,33,34)(H2,27,28,32)/t19-/m0/s1. The van der Waals surface area contributed by atoms with Crippen LogP contribution in [0, 0.1) is 6.92 Å². The largest absolute Gasteiger partial charge is 0.480 e. The molecule has 0 bridgehead atoms. The van der Waals surface area contributed by atoms with Gasteiger partial charge in [-0.25, -0.2) is 14.8 Å². The van der Waals surface area contributed by atoms with E-state index in [-0.39, 0.29) is 12.0 Å². The highest BCUT2D eigenvalue weighted by Crippen LogP contribution is 2.28. The maximum Gasteiger partial charge on any atom is 0.326 e. The van der Waals surface area contributed by atoms with Gasteiger partial charge >= 0.3 is 5.97 Å². The molecule has 0 spiro atoms. The molecule has 0 aliphatic rings. The van der Waals surface area contributed by atoms with Crippen LogP contribution in [0.4, 0.5) is 5.69 Å². The Labute approximate surface area is 193 Å². The topological polar surface area (TPSA) is 142 Å². The fourth-order valence-electron chi connectivity index (χ4n) is 3.90. The minimum atomic E-state index is -1.05. The molecule has 1 atom stereocenters. The Morgan fingerprint density at radius 3 is 2.85 bits per heavy atom. The Kier molecular flexibility index (Phi) is 5.38. The number of H-pyrrole nitrogens is 2. The zero-order chi connectivity index (χ0) is 23.7. The third-order valence-electron chi connectivity index (χ3n) is 5.53. The average Bonchev–Trinajstić information content (AvgIpc) is 3.50. The van der Waals surface area contributed by atoms with Crippen molar-refractivity contribution in [2.24, 2.45) is 0 Å². The fraction of sp³-hybridized carbons (Fsp3) is 0.125. The second kappa shape index (κ2) is 8.66. The van der Waals surface area contributed by atoms with E-state index in [0.29, 0.717) is 17.2 Å². The molecule has 0 radical (unpaired) electrons. The van der Waals surface area contributed by atoms with Gasteiger partial charge in [0.1, 0.15) is 17.4 Å². The van der Waals surface area contributed by atoms with Gasteiger partial charge in [0.2, 0.25) is 0 Å². The number of carboxylic acids is 1. The maximum atomic E-state index is 12.8. The Hall–Kier alpha value is -4.73. The Morgan fingerprint density at radius 1 is 1.24 bits per heavy atom. The van der Waals surface area contributed by atoms with Crippen molar-refractivity contribution in [3.63, 3.8) is 0 Å². The van der Waals surface area contributed by atoms with Gasteiger partial charge < -0.3 is 25.0 Å². The Morgan fingerprint density at radius 2 is 2.12 bits per heavy atom. The average molecular weight is 455 g/mol. The lowest BCUT2D eigenvalue weighted by atomic mass is 10.1. The van der Waals surface area contributed by atoms with E-state index in [1.165, 1.54) is 6.20 Å². The SMILES string of the molecule is Cc1cc(-n2ccnc2)cc2[nH]c(-c3c(N[C@@H](Cc4ccccn4)C(=O)O)cc[nH]c3=O)nc12. The summed E-state index contributed by atoms with van der Waals surface area (Å²) in [6, 6.07) is 9.87. The van der Waals surface area contributed by atoms with E-state index < -0.39 is 17.6 Å². The molecule has 4 heterocycles. The molecular formula is C24H21N7O3. The number of aliphatic carboxylic acids is 1. The van der Waals surface area contributed by atoms with Crippen molar-refractivity contribution >= 4 is 22.7 Å². The number of hydrogen-bond donors (Lipinski definition) is 4. The van der Waals surface area contributed by atoms with E-state index in [1.807, 2.05) is 29.8 Å². The number of imidazole rings is 2. The lowest BCUT2D eigenvalue weighted by Crippen LogP contribution is -2.32. The number of fused-ring (bicyclic) bond motifs is 1. The van der Waals surface area contributed by atoms with Crippen LogP contribution in [0.15, 0.2) is 72.3 Å². The molecule has 0 aliphatic heterocycles. The monoisotopic (exact) mass is 455 g/mol. The van der Waals surface area contributed by atoms with Gasteiger partial charge in [0.25, 0.3) is 5.56 Å². The van der Waals surface area contributed by atoms with Crippen molar-refractivity contribution in [1.82, 2.24) is 29.5 Å². The number of hydrogen-bond acceptors (Lipinski definition) is 6. The van der Waals surface area contributed by atoms with Gasteiger partial charge in [0.05, 0.1) is 23.0 Å². The second-order valence-corrected chi connectivity index (χ2v) is 7.87. The molecule has 34 heavy (non-hydrogen) atoms. The molecule has 10 heteroatoms. The van der Waals surface area contributed by atoms with E-state index in [1.54, 1.807) is 43.0 Å². The number of aromatic nitrogens is 6. The Bertz CT molecular complexity index is 1520. The molecule has 0 aliphatic carbocycles. The summed E-state index contributed by atoms with van der Waals surface area (Å²) >= 11 is 0. The number of nitrogens with one attached hydrogen (secondary N) is 3. The van der Waals surface area contributed by atoms with Crippen LogP contribution < -0.4 is 10.9 Å². The smallest absolute Gasteiger partial charge is 0.326 e. The van der Waals surface area contributed by atoms with Crippen LogP contribution in [0.1, 0.15) is 11.3 Å². The number of aromatic amines is 2. The van der Waals surface area contributed by atoms with Gasteiger partial charge in [-0.05, 0) is 42.8 Å². The summed E-state index contributed by atoms with van der Waals surface area (Å²) in [6.45, 7) is 1.94. The van der Waals surface area contributed by atoms with E-state index in [4.69, 9.17) is 0 Å². The fourth-order valence-corrected chi connectivity index (χ4v) is 3.90. The molecule has 0 amide bonds. The van der Waals surface area contributed by atoms with Crippen LogP contribution in [0.2, 0.25) is 0 Å². The van der Waals surface area contributed by atoms with Crippen molar-refractivity contribution in [2.45, 2.75) is 19.4 Å².